The molecular weight excluding hydrogens is 368 g/mol. The van der Waals surface area contributed by atoms with Gasteiger partial charge in [-0.15, -0.1) is 0 Å². The second-order valence-electron chi connectivity index (χ2n) is 6.16. The molecule has 2 amide bonds. The number of nitrogens with one attached hydrogen (secondary N) is 2. The highest BCUT2D eigenvalue weighted by molar-refractivity contribution is 7.91. The number of ether oxygens (including phenoxy) is 1. The number of benzene rings is 2. The lowest BCUT2D eigenvalue weighted by Gasteiger charge is -2.18. The molecule has 27 heavy (non-hydrogen) atoms. The van der Waals surface area contributed by atoms with Gasteiger partial charge in [-0.05, 0) is 36.2 Å². The van der Waals surface area contributed by atoms with Gasteiger partial charge in [-0.3, -0.25) is 9.59 Å². The molecule has 0 spiro atoms. The number of carbonyl (C=O) groups is 2. The van der Waals surface area contributed by atoms with E-state index in [1.165, 1.54) is 18.2 Å². The average molecular weight is 388 g/mol. The summed E-state index contributed by atoms with van der Waals surface area (Å²) in [6.07, 6.45) is 0.743. The summed E-state index contributed by atoms with van der Waals surface area (Å²) < 4.78 is 30.2. The third kappa shape index (κ3) is 4.65. The predicted octanol–water partition coefficient (Wildman–Crippen LogP) is 2.38. The molecule has 1 aliphatic rings. The smallest absolute Gasteiger partial charge is 0.262 e. The van der Waals surface area contributed by atoms with E-state index in [0.717, 1.165) is 12.0 Å². The van der Waals surface area contributed by atoms with Crippen molar-refractivity contribution in [3.05, 3.63) is 48.0 Å². The van der Waals surface area contributed by atoms with E-state index < -0.39 is 9.84 Å². The first-order valence-corrected chi connectivity index (χ1v) is 10.2. The van der Waals surface area contributed by atoms with Gasteiger partial charge in [0.1, 0.15) is 5.75 Å². The average Bonchev–Trinajstić information content (AvgIpc) is 2.66. The summed E-state index contributed by atoms with van der Waals surface area (Å²) in [6.45, 7) is 1.88. The Kier molecular flexibility index (Phi) is 5.46. The van der Waals surface area contributed by atoms with Gasteiger partial charge in [-0.1, -0.05) is 19.1 Å². The number of fused-ring (bicyclic) bond motifs is 1. The molecule has 1 aliphatic heterocycles. The Bertz CT molecular complexity index is 968. The highest BCUT2D eigenvalue weighted by atomic mass is 32.2. The molecule has 2 N–H and O–H groups in total. The Labute approximate surface area is 157 Å². The van der Waals surface area contributed by atoms with Gasteiger partial charge in [0.15, 0.2) is 16.4 Å². The number of hydrogen-bond donors (Lipinski definition) is 2. The van der Waals surface area contributed by atoms with Crippen molar-refractivity contribution in [3.63, 3.8) is 0 Å². The normalized spacial score (nSPS) is 13.3. The van der Waals surface area contributed by atoms with E-state index >= 15 is 0 Å². The zero-order valence-corrected chi connectivity index (χ0v) is 15.6. The van der Waals surface area contributed by atoms with Crippen molar-refractivity contribution in [2.45, 2.75) is 24.7 Å². The van der Waals surface area contributed by atoms with Crippen molar-refractivity contribution >= 4 is 33.0 Å². The van der Waals surface area contributed by atoms with Crippen LogP contribution in [0.15, 0.2) is 47.4 Å². The van der Waals surface area contributed by atoms with Crippen LogP contribution >= 0.6 is 0 Å². The van der Waals surface area contributed by atoms with Crippen LogP contribution in [0, 0.1) is 0 Å². The molecule has 0 unspecified atom stereocenters. The maximum Gasteiger partial charge on any atom is 0.262 e. The van der Waals surface area contributed by atoms with Gasteiger partial charge in [0, 0.05) is 18.2 Å². The summed E-state index contributed by atoms with van der Waals surface area (Å²) in [5, 5.41) is 5.30. The quantitative estimate of drug-likeness (QED) is 0.791. The number of sulfone groups is 1. The fourth-order valence-corrected chi connectivity index (χ4v) is 3.89. The standard InChI is InChI=1S/C19H20N2O5S/c1-2-13-3-5-14(6-4-13)20-18(22)9-10-27(24,25)15-7-8-16-17(11-15)26-12-19(23)21-16/h3-8,11H,2,9-10,12H2,1H3,(H,20,22)(H,21,23). The number of carbonyl (C=O) groups excluding carboxylic acids is 2. The SMILES string of the molecule is CCc1ccc(NC(=O)CCS(=O)(=O)c2ccc3c(c2)OCC(=O)N3)cc1. The largest absolute Gasteiger partial charge is 0.482 e. The predicted molar refractivity (Wildman–Crippen MR) is 102 cm³/mol. The molecule has 0 radical (unpaired) electrons. The van der Waals surface area contributed by atoms with Crippen molar-refractivity contribution in [2.75, 3.05) is 23.0 Å². The second kappa shape index (κ2) is 7.79. The van der Waals surface area contributed by atoms with Gasteiger partial charge in [0.05, 0.1) is 16.3 Å². The molecule has 3 rings (SSSR count). The van der Waals surface area contributed by atoms with Crippen molar-refractivity contribution in [1.82, 2.24) is 0 Å². The molecule has 0 bridgehead atoms. The lowest BCUT2D eigenvalue weighted by molar-refractivity contribution is -0.118. The number of anilines is 2. The fourth-order valence-electron chi connectivity index (χ4n) is 2.64. The van der Waals surface area contributed by atoms with E-state index in [0.29, 0.717) is 17.1 Å². The number of aryl methyl sites for hydroxylation is 1. The minimum absolute atomic E-state index is 0.0532. The highest BCUT2D eigenvalue weighted by Crippen LogP contribution is 2.30. The van der Waals surface area contributed by atoms with Crippen molar-refractivity contribution in [2.24, 2.45) is 0 Å². The molecule has 0 atom stereocenters. The van der Waals surface area contributed by atoms with Gasteiger partial charge in [0.2, 0.25) is 5.91 Å². The molecule has 7 nitrogen and oxygen atoms in total. The molecule has 142 valence electrons. The molecule has 8 heteroatoms. The first kappa shape index (κ1) is 18.9. The molecule has 1 heterocycles. The summed E-state index contributed by atoms with van der Waals surface area (Å²) >= 11 is 0. The Morgan fingerprint density at radius 3 is 2.63 bits per heavy atom. The van der Waals surface area contributed by atoms with Gasteiger partial charge < -0.3 is 15.4 Å². The second-order valence-corrected chi connectivity index (χ2v) is 8.27. The number of amides is 2. The first-order valence-electron chi connectivity index (χ1n) is 8.55. The van der Waals surface area contributed by atoms with Gasteiger partial charge in [-0.25, -0.2) is 8.42 Å². The first-order chi connectivity index (χ1) is 12.9. The van der Waals surface area contributed by atoms with E-state index in [-0.39, 0.29) is 35.5 Å². The molecule has 0 saturated carbocycles. The summed E-state index contributed by atoms with van der Waals surface area (Å²) in [4.78, 5) is 23.4. The van der Waals surface area contributed by atoms with Crippen LogP contribution in [-0.2, 0) is 25.8 Å². The monoisotopic (exact) mass is 388 g/mol. The summed E-state index contributed by atoms with van der Waals surface area (Å²) in [6, 6.07) is 11.7. The Balaban J connectivity index is 1.62. The summed E-state index contributed by atoms with van der Waals surface area (Å²) in [7, 11) is -3.66. The van der Waals surface area contributed by atoms with E-state index in [1.807, 2.05) is 19.1 Å². The third-order valence-electron chi connectivity index (χ3n) is 4.19. The van der Waals surface area contributed by atoms with E-state index in [2.05, 4.69) is 10.6 Å². The minimum Gasteiger partial charge on any atom is -0.482 e. The highest BCUT2D eigenvalue weighted by Gasteiger charge is 2.21. The van der Waals surface area contributed by atoms with Crippen LogP contribution in [0.1, 0.15) is 18.9 Å². The van der Waals surface area contributed by atoms with Crippen LogP contribution < -0.4 is 15.4 Å². The minimum atomic E-state index is -3.66. The number of hydrogen-bond acceptors (Lipinski definition) is 5. The van der Waals surface area contributed by atoms with Gasteiger partial charge in [-0.2, -0.15) is 0 Å². The summed E-state index contributed by atoms with van der Waals surface area (Å²) in [5.41, 5.74) is 2.22. The maximum absolute atomic E-state index is 12.5. The maximum atomic E-state index is 12.5. The van der Waals surface area contributed by atoms with Crippen LogP contribution in [0.4, 0.5) is 11.4 Å². The molecule has 0 aromatic heterocycles. The fraction of sp³-hybridized carbons (Fsp3) is 0.263. The molecule has 0 aliphatic carbocycles. The Hall–Kier alpha value is -2.87. The van der Waals surface area contributed by atoms with E-state index in [1.54, 1.807) is 12.1 Å². The van der Waals surface area contributed by atoms with Crippen molar-refractivity contribution < 1.29 is 22.7 Å². The van der Waals surface area contributed by atoms with Crippen molar-refractivity contribution in [3.8, 4) is 5.75 Å². The van der Waals surface area contributed by atoms with Gasteiger partial charge >= 0.3 is 0 Å². The lowest BCUT2D eigenvalue weighted by atomic mass is 10.1. The number of rotatable bonds is 6. The molecule has 2 aromatic rings. The third-order valence-corrected chi connectivity index (χ3v) is 5.90. The molecule has 0 saturated heterocycles. The summed E-state index contributed by atoms with van der Waals surface area (Å²) in [5.74, 6) is -0.681. The van der Waals surface area contributed by atoms with Crippen LogP contribution in [0.2, 0.25) is 0 Å². The molecule has 2 aromatic carbocycles. The molecule has 0 fully saturated rings. The molecular formula is C19H20N2O5S. The van der Waals surface area contributed by atoms with E-state index in [9.17, 15) is 18.0 Å². The van der Waals surface area contributed by atoms with Crippen LogP contribution in [0.25, 0.3) is 0 Å². The van der Waals surface area contributed by atoms with Crippen LogP contribution in [-0.4, -0.2) is 32.6 Å². The van der Waals surface area contributed by atoms with Crippen molar-refractivity contribution in [1.29, 1.82) is 0 Å². The zero-order valence-electron chi connectivity index (χ0n) is 14.8. The zero-order chi connectivity index (χ0) is 19.4. The Morgan fingerprint density at radius 1 is 1.19 bits per heavy atom. The van der Waals surface area contributed by atoms with Crippen LogP contribution in [0.5, 0.6) is 5.75 Å². The van der Waals surface area contributed by atoms with E-state index in [4.69, 9.17) is 4.74 Å². The topological polar surface area (TPSA) is 102 Å². The van der Waals surface area contributed by atoms with Gasteiger partial charge in [0.25, 0.3) is 5.91 Å². The van der Waals surface area contributed by atoms with Crippen LogP contribution in [0.3, 0.4) is 0 Å². The Morgan fingerprint density at radius 2 is 1.93 bits per heavy atom. The lowest BCUT2D eigenvalue weighted by Crippen LogP contribution is -2.25.